The van der Waals surface area contributed by atoms with Crippen molar-refractivity contribution >= 4 is 13.3 Å². The Kier molecular flexibility index (Phi) is 11.7. The number of halogens is 3. The quantitative estimate of drug-likeness (QED) is 0.340. The van der Waals surface area contributed by atoms with E-state index in [1.807, 2.05) is 0 Å². The van der Waals surface area contributed by atoms with Gasteiger partial charge in [0.1, 0.15) is 0 Å². The molecular weight excluding hydrogens is 386 g/mol. The van der Waals surface area contributed by atoms with Gasteiger partial charge in [-0.1, -0.05) is 73.3 Å². The average molecular weight is 408 g/mol. The van der Waals surface area contributed by atoms with E-state index in [2.05, 4.69) is 74.2 Å². The summed E-state index contributed by atoms with van der Waals surface area (Å²) in [5.41, 5.74) is 0.808. The first-order valence-electron chi connectivity index (χ1n) is 6.93. The molecule has 0 aromatic heterocycles. The maximum absolute atomic E-state index is 2.63. The second-order valence-electron chi connectivity index (χ2n) is 6.13. The zero-order chi connectivity index (χ0) is 12.6. The van der Waals surface area contributed by atoms with Gasteiger partial charge in [-0.15, -0.1) is 12.0 Å². The topological polar surface area (TPSA) is 0 Å². The van der Waals surface area contributed by atoms with Crippen molar-refractivity contribution in [2.75, 3.05) is 0 Å². The molecule has 2 aliphatic rings. The van der Waals surface area contributed by atoms with E-state index in [-0.39, 0.29) is 58.9 Å². The van der Waals surface area contributed by atoms with Gasteiger partial charge in [-0.25, -0.2) is 0 Å². The molecule has 3 rings (SSSR count). The molecule has 0 N–H and O–H groups in total. The molecular formula is C17H21Cl3SiTi. The van der Waals surface area contributed by atoms with Gasteiger partial charge in [0.15, 0.2) is 0 Å². The van der Waals surface area contributed by atoms with Gasteiger partial charge in [0.2, 0.25) is 0 Å². The molecule has 3 atom stereocenters. The van der Waals surface area contributed by atoms with E-state index >= 15 is 0 Å². The van der Waals surface area contributed by atoms with Gasteiger partial charge in [0.05, 0.1) is 8.07 Å². The predicted molar refractivity (Wildman–Crippen MR) is 81.5 cm³/mol. The molecule has 0 amide bonds. The van der Waals surface area contributed by atoms with Gasteiger partial charge >= 0.3 is 21.7 Å². The van der Waals surface area contributed by atoms with Crippen LogP contribution in [0, 0.1) is 18.3 Å². The van der Waals surface area contributed by atoms with Gasteiger partial charge in [-0.2, -0.15) is 5.54 Å². The molecule has 1 aromatic rings. The fourth-order valence-corrected chi connectivity index (χ4v) is 6.41. The third-order valence-corrected chi connectivity index (χ3v) is 8.83. The van der Waals surface area contributed by atoms with Gasteiger partial charge in [0, 0.05) is 0 Å². The predicted octanol–water partition coefficient (Wildman–Crippen LogP) is -5.05. The van der Waals surface area contributed by atoms with E-state index in [9.17, 15) is 0 Å². The van der Waals surface area contributed by atoms with Crippen LogP contribution in [0.1, 0.15) is 6.42 Å². The number of hydrogen-bond donors (Lipinski definition) is 0. The van der Waals surface area contributed by atoms with Crippen molar-refractivity contribution in [3.8, 4) is 0 Å². The normalized spacial score (nSPS) is 24.9. The van der Waals surface area contributed by atoms with Crippen molar-refractivity contribution < 1.29 is 58.9 Å². The molecule has 0 heterocycles. The molecule has 3 unspecified atom stereocenters. The molecule has 22 heavy (non-hydrogen) atoms. The Morgan fingerprint density at radius 2 is 1.55 bits per heavy atom. The summed E-state index contributed by atoms with van der Waals surface area (Å²) in [4.78, 5) is 0. The summed E-state index contributed by atoms with van der Waals surface area (Å²) < 4.78 is 0. The molecule has 0 radical (unpaired) electrons. The van der Waals surface area contributed by atoms with Crippen LogP contribution < -0.4 is 42.4 Å². The zero-order valence-electron chi connectivity index (χ0n) is 12.8. The number of allylic oxidation sites excluding steroid dienone is 4. The van der Waals surface area contributed by atoms with Crippen LogP contribution in [-0.2, 0) is 21.7 Å². The van der Waals surface area contributed by atoms with Crippen molar-refractivity contribution in [1.82, 2.24) is 0 Å². The van der Waals surface area contributed by atoms with Crippen molar-refractivity contribution in [2.45, 2.75) is 25.1 Å². The Morgan fingerprint density at radius 3 is 2.14 bits per heavy atom. The van der Waals surface area contributed by atoms with Gasteiger partial charge in [-0.3, -0.25) is 0 Å². The molecule has 118 valence electrons. The van der Waals surface area contributed by atoms with Crippen molar-refractivity contribution in [1.29, 1.82) is 0 Å². The largest absolute Gasteiger partial charge is 4.00 e. The van der Waals surface area contributed by atoms with E-state index in [0.717, 1.165) is 11.5 Å². The van der Waals surface area contributed by atoms with Gasteiger partial charge in [0.25, 0.3) is 0 Å². The Hall–Kier alpha value is 0.501. The van der Waals surface area contributed by atoms with E-state index in [4.69, 9.17) is 0 Å². The number of fused-ring (bicyclic) bond motifs is 1. The van der Waals surface area contributed by atoms with Crippen LogP contribution in [0.2, 0.25) is 18.6 Å². The number of rotatable bonds is 2. The van der Waals surface area contributed by atoms with Crippen LogP contribution in [-0.4, -0.2) is 8.07 Å². The summed E-state index contributed by atoms with van der Waals surface area (Å²) in [6.07, 6.45) is 13.2. The molecule has 0 aliphatic heterocycles. The van der Waals surface area contributed by atoms with E-state index in [1.54, 1.807) is 5.19 Å². The first-order valence-corrected chi connectivity index (χ1v) is 10.0. The molecule has 1 aromatic carbocycles. The fraction of sp³-hybridized carbons (Fsp3) is 0.353. The Balaban J connectivity index is 0. The monoisotopic (exact) mass is 406 g/mol. The minimum absolute atomic E-state index is 0. The van der Waals surface area contributed by atoms with Crippen LogP contribution in [0.4, 0.5) is 0 Å². The second kappa shape index (κ2) is 10.4. The molecule has 0 nitrogen and oxygen atoms in total. The molecule has 1 fully saturated rings. The van der Waals surface area contributed by atoms with Crippen LogP contribution >= 0.6 is 0 Å². The molecule has 1 saturated carbocycles. The van der Waals surface area contributed by atoms with E-state index < -0.39 is 8.07 Å². The van der Waals surface area contributed by atoms with Gasteiger partial charge < -0.3 is 43.6 Å². The molecule has 0 bridgehead atoms. The summed E-state index contributed by atoms with van der Waals surface area (Å²) in [6.45, 7) is 5.04. The maximum atomic E-state index is 2.63. The summed E-state index contributed by atoms with van der Waals surface area (Å²) in [7, 11) is -1.36. The van der Waals surface area contributed by atoms with E-state index in [0.29, 0.717) is 5.92 Å². The first-order chi connectivity index (χ1) is 8.68. The number of benzene rings is 1. The molecule has 2 aliphatic carbocycles. The summed E-state index contributed by atoms with van der Waals surface area (Å²) in [5, 5.41) is 1.60. The summed E-state index contributed by atoms with van der Waals surface area (Å²) in [6, 6.07) is 11.1. The van der Waals surface area contributed by atoms with E-state index in [1.165, 1.54) is 6.42 Å². The summed E-state index contributed by atoms with van der Waals surface area (Å²) >= 11 is 0. The van der Waals surface area contributed by atoms with Crippen molar-refractivity contribution in [2.24, 2.45) is 11.8 Å². The third-order valence-electron chi connectivity index (χ3n) is 4.72. The van der Waals surface area contributed by atoms with Crippen LogP contribution in [0.15, 0.2) is 54.6 Å². The number of hydrogen-bond acceptors (Lipinski definition) is 0. The Labute approximate surface area is 169 Å². The Bertz CT molecular complexity index is 468. The SMILES string of the molecule is C[Si](C)(c1ccccc1)C1[CH-]C2C=CC=CC2C1.[Cl-].[Cl-].[Cl-].[Ti+4]. The third kappa shape index (κ3) is 5.00. The van der Waals surface area contributed by atoms with Crippen LogP contribution in [0.5, 0.6) is 0 Å². The molecule has 0 saturated heterocycles. The van der Waals surface area contributed by atoms with Crippen molar-refractivity contribution in [3.05, 3.63) is 61.1 Å². The minimum atomic E-state index is -1.36. The smallest absolute Gasteiger partial charge is 1.00 e. The minimum Gasteiger partial charge on any atom is -1.00 e. The average Bonchev–Trinajstić information content (AvgIpc) is 2.84. The first kappa shape index (κ1) is 24.7. The zero-order valence-corrected chi connectivity index (χ0v) is 17.7. The van der Waals surface area contributed by atoms with Crippen molar-refractivity contribution in [3.63, 3.8) is 0 Å². The van der Waals surface area contributed by atoms with Crippen LogP contribution in [0.3, 0.4) is 0 Å². The second-order valence-corrected chi connectivity index (χ2v) is 10.9. The molecule has 5 heteroatoms. The fourth-order valence-electron chi connectivity index (χ4n) is 3.37. The van der Waals surface area contributed by atoms with Gasteiger partial charge in [-0.05, 0) is 5.92 Å². The Morgan fingerprint density at radius 1 is 0.955 bits per heavy atom. The summed E-state index contributed by atoms with van der Waals surface area (Å²) in [5.74, 6) is 1.45. The molecule has 0 spiro atoms. The standard InChI is InChI=1S/C17H21Si.3ClH.Ti/c1-18(2,16-10-4-3-5-11-16)17-12-14-8-6-7-9-15(14)13-17;;;;/h3-12,14-15,17H,13H2,1-2H3;3*1H;/q-1;;;;+4/p-3. The maximum Gasteiger partial charge on any atom is 4.00 e. The van der Waals surface area contributed by atoms with Crippen LogP contribution in [0.25, 0.3) is 0 Å².